The molecule has 0 bridgehead atoms. The van der Waals surface area contributed by atoms with Crippen LogP contribution < -0.4 is 0 Å². The van der Waals surface area contributed by atoms with E-state index in [0.29, 0.717) is 17.1 Å². The molecule has 34 heavy (non-hydrogen) atoms. The smallest absolute Gasteiger partial charge is 0.227 e. The first-order valence-corrected chi connectivity index (χ1v) is 15.3. The van der Waals surface area contributed by atoms with Crippen LogP contribution in [-0.2, 0) is 19.1 Å². The number of esters is 1. The van der Waals surface area contributed by atoms with Gasteiger partial charge < -0.3 is 19.4 Å². The maximum atomic E-state index is 12.4. The second-order valence-electron chi connectivity index (χ2n) is 8.57. The summed E-state index contributed by atoms with van der Waals surface area (Å²) in [6, 6.07) is 0. The van der Waals surface area contributed by atoms with Crippen LogP contribution in [0.5, 0.6) is 0 Å². The third-order valence-corrected chi connectivity index (χ3v) is 6.96. The van der Waals surface area contributed by atoms with Gasteiger partial charge in [-0.2, -0.15) is 12.6 Å². The van der Waals surface area contributed by atoms with Gasteiger partial charge in [0.1, 0.15) is 18.0 Å². The SMILES string of the molecule is C=CCOC(=O)CS.CCCCCCC[CH2][SnH].O=C1C=C(N2CC2)C(=O)C(N2CC2)=C1N1CC1. The van der Waals surface area contributed by atoms with Gasteiger partial charge in [-0.25, -0.2) is 0 Å². The molecule has 0 amide bonds. The van der Waals surface area contributed by atoms with Gasteiger partial charge in [-0.3, -0.25) is 14.4 Å². The van der Waals surface area contributed by atoms with Crippen molar-refractivity contribution in [2.24, 2.45) is 0 Å². The van der Waals surface area contributed by atoms with Crippen LogP contribution >= 0.6 is 12.6 Å². The van der Waals surface area contributed by atoms with E-state index in [4.69, 9.17) is 0 Å². The molecule has 9 heteroatoms. The second kappa shape index (κ2) is 15.5. The normalized spacial score (nSPS) is 17.9. The molecule has 0 aromatic rings. The molecule has 3 fully saturated rings. The fourth-order valence-electron chi connectivity index (χ4n) is 3.40. The first-order valence-electron chi connectivity index (χ1n) is 12.4. The summed E-state index contributed by atoms with van der Waals surface area (Å²) >= 11 is 5.14. The van der Waals surface area contributed by atoms with E-state index < -0.39 is 0 Å². The number of carbonyl (C=O) groups is 3. The van der Waals surface area contributed by atoms with E-state index in [1.54, 1.807) is 0 Å². The third kappa shape index (κ3) is 10.1. The molecule has 0 saturated carbocycles. The van der Waals surface area contributed by atoms with E-state index in [1.165, 1.54) is 77.6 Å². The van der Waals surface area contributed by atoms with Crippen molar-refractivity contribution in [2.45, 2.75) is 49.9 Å². The molecule has 3 heterocycles. The average molecular weight is 596 g/mol. The Morgan fingerprint density at radius 2 is 1.56 bits per heavy atom. The number of Topliss-reactive ketones (excluding diaryl/α,β-unsaturated/α-hetero) is 1. The zero-order chi connectivity index (χ0) is 24.9. The maximum absolute atomic E-state index is 12.4. The number of hydrogen-bond donors (Lipinski definition) is 1. The van der Waals surface area contributed by atoms with Crippen LogP contribution in [0.15, 0.2) is 35.8 Å². The van der Waals surface area contributed by atoms with Crippen molar-refractivity contribution in [1.82, 2.24) is 14.7 Å². The van der Waals surface area contributed by atoms with Crippen molar-refractivity contribution >= 4 is 52.7 Å². The van der Waals surface area contributed by atoms with E-state index in [9.17, 15) is 14.4 Å². The Labute approximate surface area is 223 Å². The fourth-order valence-corrected chi connectivity index (χ4v) is 4.31. The minimum absolute atomic E-state index is 0.00546. The molecule has 0 aromatic carbocycles. The Morgan fingerprint density at radius 3 is 2.06 bits per heavy atom. The van der Waals surface area contributed by atoms with Crippen LogP contribution in [0.2, 0.25) is 4.44 Å². The molecule has 0 spiro atoms. The van der Waals surface area contributed by atoms with Crippen molar-refractivity contribution in [3.63, 3.8) is 0 Å². The van der Waals surface area contributed by atoms with Gasteiger partial charge in [0.15, 0.2) is 0 Å². The van der Waals surface area contributed by atoms with Crippen molar-refractivity contribution in [1.29, 1.82) is 0 Å². The van der Waals surface area contributed by atoms with Crippen molar-refractivity contribution < 1.29 is 19.1 Å². The van der Waals surface area contributed by atoms with Crippen LogP contribution in [0.3, 0.4) is 0 Å². The maximum Gasteiger partial charge on any atom is 0.227 e. The van der Waals surface area contributed by atoms with Crippen molar-refractivity contribution in [3.8, 4) is 0 Å². The van der Waals surface area contributed by atoms with E-state index in [2.05, 4.69) is 30.9 Å². The summed E-state index contributed by atoms with van der Waals surface area (Å²) in [5.41, 5.74) is 1.89. The monoisotopic (exact) mass is 597 g/mol. The number of ketones is 2. The summed E-state index contributed by atoms with van der Waals surface area (Å²) in [5.74, 6) is -0.131. The number of thiol groups is 1. The molecular weight excluding hydrogens is 557 g/mol. The quantitative estimate of drug-likeness (QED) is 0.0707. The molecule has 4 aliphatic rings. The summed E-state index contributed by atoms with van der Waals surface area (Å²) in [5, 5.41) is 0. The third-order valence-electron chi connectivity index (χ3n) is 5.54. The van der Waals surface area contributed by atoms with Crippen LogP contribution in [0, 0.1) is 0 Å². The molecule has 0 aromatic heterocycles. The average Bonchev–Trinajstić information content (AvgIpc) is 3.66. The topological polar surface area (TPSA) is 69.5 Å². The van der Waals surface area contributed by atoms with E-state index in [0.717, 1.165) is 39.3 Å². The molecule has 3 aliphatic heterocycles. The van der Waals surface area contributed by atoms with Crippen LogP contribution in [0.25, 0.3) is 0 Å². The van der Waals surface area contributed by atoms with Crippen molar-refractivity contribution in [3.05, 3.63) is 35.8 Å². The molecule has 4 rings (SSSR count). The summed E-state index contributed by atoms with van der Waals surface area (Å²) in [7, 11) is 0. The summed E-state index contributed by atoms with van der Waals surface area (Å²) in [4.78, 5) is 40.7. The predicted molar refractivity (Wildman–Crippen MR) is 140 cm³/mol. The van der Waals surface area contributed by atoms with Gasteiger partial charge in [0.25, 0.3) is 0 Å². The van der Waals surface area contributed by atoms with E-state index in [-0.39, 0.29) is 29.9 Å². The largest absolute Gasteiger partial charge is 0.365 e. The Bertz CT molecular complexity index is 781. The zero-order valence-electron chi connectivity index (χ0n) is 20.5. The molecule has 0 unspecified atom stereocenters. The predicted octanol–water partition coefficient (Wildman–Crippen LogP) is 2.49. The van der Waals surface area contributed by atoms with Gasteiger partial charge in [-0.15, -0.1) is 0 Å². The summed E-state index contributed by atoms with van der Waals surface area (Å²) < 4.78 is 6.00. The summed E-state index contributed by atoms with van der Waals surface area (Å²) in [6.45, 7) is 11.3. The van der Waals surface area contributed by atoms with Gasteiger partial charge in [0.05, 0.1) is 11.4 Å². The Kier molecular flexibility index (Phi) is 13.2. The fraction of sp³-hybridized carbons (Fsp3) is 0.640. The van der Waals surface area contributed by atoms with Gasteiger partial charge in [-0.1, -0.05) is 12.7 Å². The molecule has 0 N–H and O–H groups in total. The van der Waals surface area contributed by atoms with Crippen molar-refractivity contribution in [2.75, 3.05) is 51.6 Å². The first-order chi connectivity index (χ1) is 16.5. The van der Waals surface area contributed by atoms with Crippen LogP contribution in [0.4, 0.5) is 0 Å². The number of hydrogen-bond acceptors (Lipinski definition) is 8. The number of allylic oxidation sites excluding steroid dienone is 1. The minimum atomic E-state index is -0.312. The molecule has 0 atom stereocenters. The zero-order valence-corrected chi connectivity index (χ0v) is 24.7. The van der Waals surface area contributed by atoms with E-state index >= 15 is 0 Å². The van der Waals surface area contributed by atoms with Crippen LogP contribution in [0.1, 0.15) is 45.4 Å². The molecular formula is C25H39N3O4SSn. The van der Waals surface area contributed by atoms with Gasteiger partial charge in [-0.05, 0) is 0 Å². The number of nitrogens with zero attached hydrogens (tertiary/aromatic N) is 3. The van der Waals surface area contributed by atoms with E-state index in [1.807, 2.05) is 14.7 Å². The van der Waals surface area contributed by atoms with Gasteiger partial charge >= 0.3 is 78.4 Å². The number of unbranched alkanes of at least 4 members (excludes halogenated alkanes) is 5. The Morgan fingerprint density at radius 1 is 1.00 bits per heavy atom. The summed E-state index contributed by atoms with van der Waals surface area (Å²) in [6.07, 6.45) is 11.8. The van der Waals surface area contributed by atoms with Crippen LogP contribution in [-0.4, -0.2) is 106 Å². The molecule has 7 nitrogen and oxygen atoms in total. The first kappa shape index (κ1) is 28.8. The number of carbonyl (C=O) groups excluding carboxylic acids is 3. The second-order valence-corrected chi connectivity index (χ2v) is 10.5. The molecule has 3 saturated heterocycles. The number of rotatable bonds is 12. The molecule has 2 radical (unpaired) electrons. The minimum Gasteiger partial charge on any atom is -0.365 e. The number of ether oxygens (including phenoxy) is 1. The standard InChI is InChI=1S/C12H13N3O2.C8H17.C5H8O2S.Sn.H/c16-9-7-8(13-1-2-13)12(17)11(15-5-6-15)10(9)14-3-4-14;1-3-5-7-8-6-4-2;1-2-3-7-5(6)4-8;;/h7H,1-6H2;1,3-8H2,2H3;2,8H,1,3-4H2;;. The Balaban J connectivity index is 0.000000206. The van der Waals surface area contributed by atoms with Gasteiger partial charge in [0.2, 0.25) is 11.6 Å². The Hall–Kier alpha value is -1.42. The molecule has 188 valence electrons. The van der Waals surface area contributed by atoms with Gasteiger partial charge in [0, 0.05) is 45.3 Å². The molecule has 1 aliphatic carbocycles.